The van der Waals surface area contributed by atoms with Gasteiger partial charge in [-0.1, -0.05) is 0 Å². The lowest BCUT2D eigenvalue weighted by Gasteiger charge is -2.13. The van der Waals surface area contributed by atoms with Crippen LogP contribution in [0.1, 0.15) is 17.0 Å². The second-order valence-corrected chi connectivity index (χ2v) is 4.14. The summed E-state index contributed by atoms with van der Waals surface area (Å²) in [5.41, 5.74) is 5.72. The van der Waals surface area contributed by atoms with Crippen LogP contribution in [0.5, 0.6) is 0 Å². The van der Waals surface area contributed by atoms with E-state index >= 15 is 0 Å². The quantitative estimate of drug-likeness (QED) is 0.744. The van der Waals surface area contributed by atoms with E-state index in [-0.39, 0.29) is 24.3 Å². The maximum Gasteiger partial charge on any atom is 0.293 e. The molecule has 0 spiro atoms. The number of likely N-dealkylation sites (tertiary alicyclic amines) is 1. The Kier molecular flexibility index (Phi) is 3.55. The molecule has 2 amide bonds. The molecule has 2 rings (SSSR count). The summed E-state index contributed by atoms with van der Waals surface area (Å²) in [5, 5.41) is 2.27. The molecule has 1 atom stereocenters. The molecule has 1 aliphatic rings. The minimum absolute atomic E-state index is 0.128. The van der Waals surface area contributed by atoms with E-state index in [0.29, 0.717) is 6.54 Å². The molecule has 17 heavy (non-hydrogen) atoms. The average Bonchev–Trinajstić information content (AvgIpc) is 2.89. The van der Waals surface area contributed by atoms with Gasteiger partial charge in [0.25, 0.3) is 5.91 Å². The lowest BCUT2D eigenvalue weighted by Crippen LogP contribution is -2.39. The van der Waals surface area contributed by atoms with Gasteiger partial charge in [-0.05, 0) is 18.6 Å². The summed E-state index contributed by atoms with van der Waals surface area (Å²) in [6.07, 6.45) is 2.28. The topological polar surface area (TPSA) is 88.6 Å². The van der Waals surface area contributed by atoms with Gasteiger partial charge in [0.2, 0.25) is 5.91 Å². The van der Waals surface area contributed by atoms with Gasteiger partial charge in [0.1, 0.15) is 0 Å². The first-order valence-electron chi connectivity index (χ1n) is 5.51. The van der Waals surface area contributed by atoms with E-state index in [9.17, 15) is 9.59 Å². The predicted octanol–water partition coefficient (Wildman–Crippen LogP) is -0.431. The molecule has 0 saturated carbocycles. The Balaban J connectivity index is 1.79. The fourth-order valence-electron chi connectivity index (χ4n) is 1.84. The molecule has 1 saturated heterocycles. The average molecular weight is 237 g/mol. The van der Waals surface area contributed by atoms with Crippen molar-refractivity contribution >= 4 is 11.8 Å². The molecular formula is C11H15N3O3. The lowest BCUT2D eigenvalue weighted by atomic mass is 10.3. The van der Waals surface area contributed by atoms with Crippen molar-refractivity contribution in [2.75, 3.05) is 19.6 Å². The predicted molar refractivity (Wildman–Crippen MR) is 60.2 cm³/mol. The van der Waals surface area contributed by atoms with Crippen LogP contribution in [0.2, 0.25) is 0 Å². The number of nitrogens with two attached hydrogens (primary N) is 1. The zero-order chi connectivity index (χ0) is 12.3. The summed E-state index contributed by atoms with van der Waals surface area (Å²) >= 11 is 0. The highest BCUT2D eigenvalue weighted by Gasteiger charge is 2.22. The highest BCUT2D eigenvalue weighted by molar-refractivity contribution is 6.03. The number of nitrogens with zero attached hydrogens (tertiary/aromatic N) is 1. The number of hydrogen-bond acceptors (Lipinski definition) is 5. The van der Waals surface area contributed by atoms with Crippen LogP contribution in [0.15, 0.2) is 22.8 Å². The van der Waals surface area contributed by atoms with E-state index in [2.05, 4.69) is 5.32 Å². The summed E-state index contributed by atoms with van der Waals surface area (Å²) in [6, 6.07) is 3.23. The number of nitrogens with one attached hydrogen (secondary N) is 1. The summed E-state index contributed by atoms with van der Waals surface area (Å²) in [4.78, 5) is 25.0. The van der Waals surface area contributed by atoms with Crippen LogP contribution in [-0.4, -0.2) is 42.4 Å². The molecule has 0 aliphatic carbocycles. The highest BCUT2D eigenvalue weighted by atomic mass is 16.3. The second kappa shape index (κ2) is 5.11. The zero-order valence-corrected chi connectivity index (χ0v) is 9.39. The van der Waals surface area contributed by atoms with Crippen molar-refractivity contribution < 1.29 is 14.0 Å². The van der Waals surface area contributed by atoms with E-state index < -0.39 is 5.91 Å². The number of imide groups is 1. The summed E-state index contributed by atoms with van der Waals surface area (Å²) in [5.74, 6) is -0.708. The number of hydrogen-bond donors (Lipinski definition) is 2. The fourth-order valence-corrected chi connectivity index (χ4v) is 1.84. The van der Waals surface area contributed by atoms with Gasteiger partial charge in [-0.15, -0.1) is 0 Å². The third-order valence-electron chi connectivity index (χ3n) is 2.67. The van der Waals surface area contributed by atoms with Gasteiger partial charge in [-0.3, -0.25) is 19.8 Å². The monoisotopic (exact) mass is 237 g/mol. The van der Waals surface area contributed by atoms with Gasteiger partial charge in [-0.2, -0.15) is 0 Å². The van der Waals surface area contributed by atoms with Gasteiger partial charge < -0.3 is 10.2 Å². The van der Waals surface area contributed by atoms with Gasteiger partial charge in [0.15, 0.2) is 5.76 Å². The number of carbonyl (C=O) groups excluding carboxylic acids is 2. The van der Waals surface area contributed by atoms with Crippen molar-refractivity contribution in [3.05, 3.63) is 24.2 Å². The first kappa shape index (κ1) is 11.8. The molecule has 92 valence electrons. The summed E-state index contributed by atoms with van der Waals surface area (Å²) < 4.78 is 4.89. The molecule has 6 nitrogen and oxygen atoms in total. The lowest BCUT2D eigenvalue weighted by molar-refractivity contribution is -0.121. The molecule has 1 aromatic rings. The van der Waals surface area contributed by atoms with Gasteiger partial charge in [0, 0.05) is 19.1 Å². The maximum absolute atomic E-state index is 11.6. The normalized spacial score (nSPS) is 20.4. The maximum atomic E-state index is 11.6. The van der Waals surface area contributed by atoms with E-state index in [4.69, 9.17) is 10.2 Å². The van der Waals surface area contributed by atoms with Gasteiger partial charge >= 0.3 is 0 Å². The summed E-state index contributed by atoms with van der Waals surface area (Å²) in [7, 11) is 0. The Hall–Kier alpha value is -1.66. The number of amides is 2. The van der Waals surface area contributed by atoms with E-state index in [1.807, 2.05) is 4.90 Å². The SMILES string of the molecule is N[C@@H]1CCN(CC(=O)NC(=O)c2ccco2)C1. The van der Waals surface area contributed by atoms with Crippen LogP contribution < -0.4 is 11.1 Å². The fraction of sp³-hybridized carbons (Fsp3) is 0.455. The molecule has 0 unspecified atom stereocenters. The Bertz CT molecular complexity index is 402. The van der Waals surface area contributed by atoms with Crippen LogP contribution in [0.4, 0.5) is 0 Å². The molecule has 6 heteroatoms. The molecule has 2 heterocycles. The highest BCUT2D eigenvalue weighted by Crippen LogP contribution is 2.05. The number of rotatable bonds is 3. The molecule has 0 aromatic carbocycles. The van der Waals surface area contributed by atoms with Crippen LogP contribution in [0.3, 0.4) is 0 Å². The van der Waals surface area contributed by atoms with Crippen molar-refractivity contribution in [3.63, 3.8) is 0 Å². The van der Waals surface area contributed by atoms with E-state index in [1.165, 1.54) is 12.3 Å². The third-order valence-corrected chi connectivity index (χ3v) is 2.67. The minimum Gasteiger partial charge on any atom is -0.459 e. The van der Waals surface area contributed by atoms with Crippen LogP contribution in [0, 0.1) is 0 Å². The number of carbonyl (C=O) groups is 2. The van der Waals surface area contributed by atoms with Gasteiger partial charge in [-0.25, -0.2) is 0 Å². The Morgan fingerprint density at radius 3 is 3.00 bits per heavy atom. The van der Waals surface area contributed by atoms with E-state index in [1.54, 1.807) is 6.07 Å². The van der Waals surface area contributed by atoms with Crippen molar-refractivity contribution in [1.29, 1.82) is 0 Å². The molecule has 1 aliphatic heterocycles. The molecule has 0 bridgehead atoms. The Labute approximate surface area is 98.7 Å². The largest absolute Gasteiger partial charge is 0.459 e. The number of furan rings is 1. The van der Waals surface area contributed by atoms with Crippen LogP contribution >= 0.6 is 0 Å². The molecule has 1 fully saturated rings. The Morgan fingerprint density at radius 2 is 2.41 bits per heavy atom. The second-order valence-electron chi connectivity index (χ2n) is 4.14. The van der Waals surface area contributed by atoms with Crippen molar-refractivity contribution in [2.45, 2.75) is 12.5 Å². The minimum atomic E-state index is -0.511. The molecular weight excluding hydrogens is 222 g/mol. The zero-order valence-electron chi connectivity index (χ0n) is 9.39. The molecule has 3 N–H and O–H groups in total. The van der Waals surface area contributed by atoms with Crippen molar-refractivity contribution in [3.8, 4) is 0 Å². The van der Waals surface area contributed by atoms with Crippen LogP contribution in [-0.2, 0) is 4.79 Å². The van der Waals surface area contributed by atoms with Crippen molar-refractivity contribution in [2.24, 2.45) is 5.73 Å². The summed E-state index contributed by atoms with van der Waals surface area (Å²) in [6.45, 7) is 1.69. The van der Waals surface area contributed by atoms with Crippen molar-refractivity contribution in [1.82, 2.24) is 10.2 Å². The standard InChI is InChI=1S/C11H15N3O3/c12-8-3-4-14(6-8)7-10(15)13-11(16)9-2-1-5-17-9/h1-2,5,8H,3-4,6-7,12H2,(H,13,15,16)/t8-/m1/s1. The van der Waals surface area contributed by atoms with Crippen LogP contribution in [0.25, 0.3) is 0 Å². The van der Waals surface area contributed by atoms with E-state index in [0.717, 1.165) is 13.0 Å². The first-order valence-corrected chi connectivity index (χ1v) is 5.51. The third kappa shape index (κ3) is 3.15. The molecule has 0 radical (unpaired) electrons. The Morgan fingerprint density at radius 1 is 1.59 bits per heavy atom. The first-order chi connectivity index (χ1) is 8.15. The van der Waals surface area contributed by atoms with Gasteiger partial charge in [0.05, 0.1) is 12.8 Å². The smallest absolute Gasteiger partial charge is 0.293 e. The molecule has 1 aromatic heterocycles.